The first kappa shape index (κ1) is 21.2. The van der Waals surface area contributed by atoms with Gasteiger partial charge in [0.1, 0.15) is 0 Å². The Labute approximate surface area is 147 Å². The minimum absolute atomic E-state index is 0.508. The summed E-state index contributed by atoms with van der Waals surface area (Å²) in [6.45, 7) is 8.79. The fourth-order valence-electron chi connectivity index (χ4n) is 2.25. The van der Waals surface area contributed by atoms with Gasteiger partial charge in [0.2, 0.25) is 10.0 Å². The van der Waals surface area contributed by atoms with Crippen LogP contribution in [0.3, 0.4) is 0 Å². The summed E-state index contributed by atoms with van der Waals surface area (Å²) >= 11 is 0. The highest BCUT2D eigenvalue weighted by molar-refractivity contribution is 7.88. The average Bonchev–Trinajstić information content (AvgIpc) is 3.33. The van der Waals surface area contributed by atoms with Crippen LogP contribution in [0.1, 0.15) is 39.5 Å². The van der Waals surface area contributed by atoms with E-state index >= 15 is 0 Å². The SMILES string of the molecule is CCNC(=NCCCOCC1CC1)NCCCN(CC)S(C)(=O)=O. The van der Waals surface area contributed by atoms with E-state index in [1.54, 1.807) is 0 Å². The number of nitrogens with one attached hydrogen (secondary N) is 2. The van der Waals surface area contributed by atoms with Gasteiger partial charge in [0.15, 0.2) is 5.96 Å². The molecule has 0 heterocycles. The molecule has 0 bridgehead atoms. The van der Waals surface area contributed by atoms with Gasteiger partial charge in [-0.3, -0.25) is 4.99 Å². The van der Waals surface area contributed by atoms with Crippen molar-refractivity contribution in [3.05, 3.63) is 0 Å². The lowest BCUT2D eigenvalue weighted by Gasteiger charge is -2.18. The van der Waals surface area contributed by atoms with Crippen molar-refractivity contribution in [2.45, 2.75) is 39.5 Å². The molecule has 0 spiro atoms. The van der Waals surface area contributed by atoms with Crippen molar-refractivity contribution in [2.24, 2.45) is 10.9 Å². The number of hydrogen-bond acceptors (Lipinski definition) is 4. The Morgan fingerprint density at radius 1 is 1.25 bits per heavy atom. The first-order valence-corrected chi connectivity index (χ1v) is 10.9. The molecule has 0 aromatic heterocycles. The second kappa shape index (κ2) is 11.7. The van der Waals surface area contributed by atoms with Crippen molar-refractivity contribution < 1.29 is 13.2 Å². The molecule has 142 valence electrons. The van der Waals surface area contributed by atoms with Gasteiger partial charge in [0.25, 0.3) is 0 Å². The highest BCUT2D eigenvalue weighted by Gasteiger charge is 2.20. The molecule has 0 atom stereocenters. The summed E-state index contributed by atoms with van der Waals surface area (Å²) < 4.78 is 30.1. The molecule has 0 radical (unpaired) electrons. The lowest BCUT2D eigenvalue weighted by Crippen LogP contribution is -2.39. The Bertz CT molecular complexity index is 464. The van der Waals surface area contributed by atoms with Gasteiger partial charge >= 0.3 is 0 Å². The number of rotatable bonds is 13. The minimum atomic E-state index is -3.10. The summed E-state index contributed by atoms with van der Waals surface area (Å²) in [7, 11) is -3.10. The van der Waals surface area contributed by atoms with Gasteiger partial charge in [-0.15, -0.1) is 0 Å². The number of ether oxygens (including phenoxy) is 1. The topological polar surface area (TPSA) is 83.0 Å². The number of nitrogens with zero attached hydrogens (tertiary/aromatic N) is 2. The molecule has 8 heteroatoms. The maximum Gasteiger partial charge on any atom is 0.211 e. The third-order valence-electron chi connectivity index (χ3n) is 3.81. The first-order chi connectivity index (χ1) is 11.5. The van der Waals surface area contributed by atoms with Crippen LogP contribution in [-0.2, 0) is 14.8 Å². The van der Waals surface area contributed by atoms with Crippen LogP contribution in [-0.4, -0.2) is 70.9 Å². The van der Waals surface area contributed by atoms with Gasteiger partial charge in [-0.25, -0.2) is 12.7 Å². The van der Waals surface area contributed by atoms with Crippen molar-refractivity contribution in [3.63, 3.8) is 0 Å². The van der Waals surface area contributed by atoms with Crippen LogP contribution in [0, 0.1) is 5.92 Å². The molecule has 0 unspecified atom stereocenters. The molecular formula is C16H34N4O3S. The predicted octanol–water partition coefficient (Wildman–Crippen LogP) is 1.03. The van der Waals surface area contributed by atoms with E-state index in [1.165, 1.54) is 23.4 Å². The monoisotopic (exact) mass is 362 g/mol. The van der Waals surface area contributed by atoms with E-state index in [1.807, 2.05) is 13.8 Å². The minimum Gasteiger partial charge on any atom is -0.381 e. The van der Waals surface area contributed by atoms with Crippen LogP contribution in [0.25, 0.3) is 0 Å². The van der Waals surface area contributed by atoms with Crippen molar-refractivity contribution in [1.82, 2.24) is 14.9 Å². The zero-order valence-corrected chi connectivity index (χ0v) is 16.2. The van der Waals surface area contributed by atoms with Crippen molar-refractivity contribution in [2.75, 3.05) is 52.2 Å². The third kappa shape index (κ3) is 10.1. The zero-order valence-electron chi connectivity index (χ0n) is 15.4. The van der Waals surface area contributed by atoms with Crippen LogP contribution in [0.4, 0.5) is 0 Å². The van der Waals surface area contributed by atoms with Crippen molar-refractivity contribution >= 4 is 16.0 Å². The summed E-state index contributed by atoms with van der Waals surface area (Å²) in [4.78, 5) is 4.51. The second-order valence-electron chi connectivity index (χ2n) is 6.17. The molecule has 1 saturated carbocycles. The van der Waals surface area contributed by atoms with Gasteiger partial charge in [-0.05, 0) is 38.5 Å². The highest BCUT2D eigenvalue weighted by atomic mass is 32.2. The van der Waals surface area contributed by atoms with Crippen LogP contribution in [0.2, 0.25) is 0 Å². The third-order valence-corrected chi connectivity index (χ3v) is 5.19. The summed E-state index contributed by atoms with van der Waals surface area (Å²) in [5, 5.41) is 6.45. The Morgan fingerprint density at radius 3 is 2.58 bits per heavy atom. The summed E-state index contributed by atoms with van der Waals surface area (Å²) in [5.74, 6) is 1.59. The zero-order chi connectivity index (χ0) is 17.8. The molecular weight excluding hydrogens is 328 g/mol. The van der Waals surface area contributed by atoms with E-state index in [4.69, 9.17) is 4.74 Å². The van der Waals surface area contributed by atoms with Gasteiger partial charge in [-0.2, -0.15) is 0 Å². The van der Waals surface area contributed by atoms with Crippen molar-refractivity contribution in [1.29, 1.82) is 0 Å². The lowest BCUT2D eigenvalue weighted by molar-refractivity contribution is 0.123. The van der Waals surface area contributed by atoms with Crippen LogP contribution in [0.5, 0.6) is 0 Å². The van der Waals surface area contributed by atoms with Crippen LogP contribution in [0.15, 0.2) is 4.99 Å². The highest BCUT2D eigenvalue weighted by Crippen LogP contribution is 2.28. The van der Waals surface area contributed by atoms with Gasteiger partial charge < -0.3 is 15.4 Å². The van der Waals surface area contributed by atoms with Crippen molar-refractivity contribution in [3.8, 4) is 0 Å². The number of sulfonamides is 1. The molecule has 2 N–H and O–H groups in total. The maximum absolute atomic E-state index is 11.5. The van der Waals surface area contributed by atoms with E-state index in [0.717, 1.165) is 51.0 Å². The fraction of sp³-hybridized carbons (Fsp3) is 0.938. The van der Waals surface area contributed by atoms with E-state index in [-0.39, 0.29) is 0 Å². The molecule has 0 saturated heterocycles. The second-order valence-corrected chi connectivity index (χ2v) is 8.15. The molecule has 0 aromatic carbocycles. The molecule has 0 aromatic rings. The lowest BCUT2D eigenvalue weighted by atomic mass is 10.4. The molecule has 1 aliphatic carbocycles. The molecule has 7 nitrogen and oxygen atoms in total. The van der Waals surface area contributed by atoms with E-state index in [2.05, 4.69) is 15.6 Å². The van der Waals surface area contributed by atoms with Gasteiger partial charge in [-0.1, -0.05) is 6.92 Å². The first-order valence-electron chi connectivity index (χ1n) is 9.02. The quantitative estimate of drug-likeness (QED) is 0.290. The Kier molecular flexibility index (Phi) is 10.3. The average molecular weight is 363 g/mol. The fourth-order valence-corrected chi connectivity index (χ4v) is 3.18. The summed E-state index contributed by atoms with van der Waals surface area (Å²) in [6, 6.07) is 0. The van der Waals surface area contributed by atoms with Gasteiger partial charge in [0.05, 0.1) is 6.26 Å². The Balaban J connectivity index is 2.17. The van der Waals surface area contributed by atoms with Crippen LogP contribution >= 0.6 is 0 Å². The normalized spacial score (nSPS) is 15.8. The maximum atomic E-state index is 11.5. The van der Waals surface area contributed by atoms with E-state index in [0.29, 0.717) is 19.6 Å². The number of aliphatic imine (C=N–C) groups is 1. The smallest absolute Gasteiger partial charge is 0.211 e. The molecule has 1 aliphatic rings. The number of hydrogen-bond donors (Lipinski definition) is 2. The summed E-state index contributed by atoms with van der Waals surface area (Å²) in [5.41, 5.74) is 0. The summed E-state index contributed by atoms with van der Waals surface area (Å²) in [6.07, 6.45) is 5.56. The molecule has 1 fully saturated rings. The van der Waals surface area contributed by atoms with Gasteiger partial charge in [0, 0.05) is 45.9 Å². The predicted molar refractivity (Wildman–Crippen MR) is 98.8 cm³/mol. The molecule has 1 rings (SSSR count). The van der Waals surface area contributed by atoms with E-state index in [9.17, 15) is 8.42 Å². The standard InChI is InChI=1S/C16H34N4O3S/c1-4-17-16(19-11-7-13-23-14-15-8-9-15)18-10-6-12-20(5-2)24(3,21)22/h15H,4-14H2,1-3H3,(H2,17,18,19). The molecule has 24 heavy (non-hydrogen) atoms. The largest absolute Gasteiger partial charge is 0.381 e. The molecule has 0 aliphatic heterocycles. The Morgan fingerprint density at radius 2 is 2.00 bits per heavy atom. The Hall–Kier alpha value is -0.860. The molecule has 0 amide bonds. The van der Waals surface area contributed by atoms with E-state index < -0.39 is 10.0 Å². The van der Waals surface area contributed by atoms with Crippen LogP contribution < -0.4 is 10.6 Å². The number of guanidine groups is 1.